The maximum absolute atomic E-state index is 13.4. The minimum atomic E-state index is -0.896. The summed E-state index contributed by atoms with van der Waals surface area (Å²) >= 11 is 0. The van der Waals surface area contributed by atoms with Crippen LogP contribution in [0.3, 0.4) is 0 Å². The number of H-pyrrole nitrogens is 1. The molecule has 2 aliphatic rings. The predicted octanol–water partition coefficient (Wildman–Crippen LogP) is 3.51. The largest absolute Gasteiger partial charge is 0.494 e. The van der Waals surface area contributed by atoms with Crippen molar-refractivity contribution in [1.29, 1.82) is 0 Å². The average Bonchev–Trinajstić information content (AvgIpc) is 3.31. The molecule has 1 aliphatic carbocycles. The number of hydrogen-bond acceptors (Lipinski definition) is 6. The lowest BCUT2D eigenvalue weighted by atomic mass is 9.89. The highest BCUT2D eigenvalue weighted by Crippen LogP contribution is 2.27. The van der Waals surface area contributed by atoms with Crippen LogP contribution in [0, 0.1) is 5.92 Å². The number of pyridine rings is 1. The summed E-state index contributed by atoms with van der Waals surface area (Å²) in [6, 6.07) is 8.86. The monoisotopic (exact) mass is 567 g/mol. The van der Waals surface area contributed by atoms with Gasteiger partial charge in [0.1, 0.15) is 5.75 Å². The fraction of sp³-hybridized carbons (Fsp3) is 0.613. The Bertz CT molecular complexity index is 1240. The third kappa shape index (κ3) is 8.79. The van der Waals surface area contributed by atoms with Crippen molar-refractivity contribution in [2.75, 3.05) is 32.8 Å². The van der Waals surface area contributed by atoms with Crippen molar-refractivity contribution in [1.82, 2.24) is 25.4 Å². The summed E-state index contributed by atoms with van der Waals surface area (Å²) < 4.78 is 5.92. The molecule has 4 rings (SSSR count). The summed E-state index contributed by atoms with van der Waals surface area (Å²) in [6.07, 6.45) is 9.44. The number of carbonyl (C=O) groups is 3. The maximum Gasteiger partial charge on any atom is 0.248 e. The minimum absolute atomic E-state index is 0.131. The first-order valence-electron chi connectivity index (χ1n) is 15.1. The Balaban J connectivity index is 1.30. The number of likely N-dealkylation sites (tertiary alicyclic amines) is 1. The van der Waals surface area contributed by atoms with Crippen molar-refractivity contribution >= 4 is 28.6 Å². The van der Waals surface area contributed by atoms with E-state index in [2.05, 4.69) is 20.5 Å². The number of nitrogens with one attached hydrogen (secondary N) is 3. The Morgan fingerprint density at radius 2 is 1.78 bits per heavy atom. The Morgan fingerprint density at radius 3 is 2.51 bits per heavy atom. The molecule has 1 aromatic carbocycles. The van der Waals surface area contributed by atoms with E-state index in [1.54, 1.807) is 6.07 Å². The van der Waals surface area contributed by atoms with Crippen LogP contribution >= 0.6 is 0 Å². The lowest BCUT2D eigenvalue weighted by Gasteiger charge is -2.40. The van der Waals surface area contributed by atoms with Crippen molar-refractivity contribution in [2.45, 2.75) is 83.8 Å². The van der Waals surface area contributed by atoms with Gasteiger partial charge in [0.05, 0.1) is 6.61 Å². The summed E-state index contributed by atoms with van der Waals surface area (Å²) in [4.78, 5) is 55.8. The lowest BCUT2D eigenvalue weighted by molar-refractivity contribution is -0.134. The minimum Gasteiger partial charge on any atom is -0.494 e. The van der Waals surface area contributed by atoms with Crippen molar-refractivity contribution in [3.05, 3.63) is 40.7 Å². The van der Waals surface area contributed by atoms with E-state index in [4.69, 9.17) is 4.74 Å². The first kappa shape index (κ1) is 30.6. The molecule has 0 spiro atoms. The van der Waals surface area contributed by atoms with Gasteiger partial charge in [0, 0.05) is 69.8 Å². The van der Waals surface area contributed by atoms with Crippen LogP contribution in [0.1, 0.15) is 78.1 Å². The summed E-state index contributed by atoms with van der Waals surface area (Å²) in [6.45, 7) is 6.08. The number of amides is 3. The molecular formula is C31H45N5O5. The van der Waals surface area contributed by atoms with E-state index in [1.165, 1.54) is 39.2 Å². The fourth-order valence-corrected chi connectivity index (χ4v) is 6.26. The molecule has 1 saturated carbocycles. The van der Waals surface area contributed by atoms with Gasteiger partial charge >= 0.3 is 0 Å². The number of rotatable bonds is 13. The fourth-order valence-electron chi connectivity index (χ4n) is 6.26. The SMILES string of the molecule is CC(=O)NC1(NC(C)=O)CCCN1CCN(CC1CCCCC1)C(=O)CCCCOc1ccc2[nH]c(=O)ccc2c1. The van der Waals surface area contributed by atoms with Crippen LogP contribution in [0.15, 0.2) is 35.1 Å². The van der Waals surface area contributed by atoms with Crippen LogP contribution in [0.5, 0.6) is 5.75 Å². The summed E-state index contributed by atoms with van der Waals surface area (Å²) in [5, 5.41) is 6.85. The molecule has 0 bridgehead atoms. The summed E-state index contributed by atoms with van der Waals surface area (Å²) in [5.74, 6) is 0.125. The zero-order valence-corrected chi connectivity index (χ0v) is 24.5. The number of aromatic nitrogens is 1. The topological polar surface area (TPSA) is 124 Å². The summed E-state index contributed by atoms with van der Waals surface area (Å²) in [5.41, 5.74) is 0.641. The number of aromatic amines is 1. The molecule has 2 heterocycles. The van der Waals surface area contributed by atoms with E-state index in [0.717, 1.165) is 61.8 Å². The zero-order valence-electron chi connectivity index (χ0n) is 24.5. The molecule has 2 fully saturated rings. The number of nitrogens with zero attached hydrogens (tertiary/aromatic N) is 2. The van der Waals surface area contributed by atoms with E-state index in [9.17, 15) is 19.2 Å². The molecule has 0 atom stereocenters. The van der Waals surface area contributed by atoms with Gasteiger partial charge < -0.3 is 25.3 Å². The molecule has 224 valence electrons. The molecule has 0 unspecified atom stereocenters. The van der Waals surface area contributed by atoms with Gasteiger partial charge in [-0.25, -0.2) is 0 Å². The summed E-state index contributed by atoms with van der Waals surface area (Å²) in [7, 11) is 0. The first-order chi connectivity index (χ1) is 19.7. The van der Waals surface area contributed by atoms with Crippen LogP contribution in [0.25, 0.3) is 10.9 Å². The third-order valence-electron chi connectivity index (χ3n) is 8.22. The maximum atomic E-state index is 13.4. The van der Waals surface area contributed by atoms with Crippen molar-refractivity contribution in [3.63, 3.8) is 0 Å². The van der Waals surface area contributed by atoms with Crippen LogP contribution < -0.4 is 20.9 Å². The Kier molecular flexibility index (Phi) is 10.8. The molecule has 1 aromatic heterocycles. The average molecular weight is 568 g/mol. The third-order valence-corrected chi connectivity index (χ3v) is 8.22. The second kappa shape index (κ2) is 14.5. The van der Waals surface area contributed by atoms with E-state index in [-0.39, 0.29) is 23.3 Å². The van der Waals surface area contributed by atoms with Crippen molar-refractivity contribution in [3.8, 4) is 5.75 Å². The van der Waals surface area contributed by atoms with Crippen LogP contribution in [-0.2, 0) is 14.4 Å². The highest BCUT2D eigenvalue weighted by atomic mass is 16.5. The van der Waals surface area contributed by atoms with Gasteiger partial charge in [0.25, 0.3) is 0 Å². The van der Waals surface area contributed by atoms with Crippen molar-refractivity contribution < 1.29 is 19.1 Å². The Labute approximate surface area is 242 Å². The Hall–Kier alpha value is -3.40. The molecule has 3 N–H and O–H groups in total. The lowest BCUT2D eigenvalue weighted by Crippen LogP contribution is -2.67. The second-order valence-electron chi connectivity index (χ2n) is 11.5. The number of hydrogen-bond donors (Lipinski definition) is 3. The Morgan fingerprint density at radius 1 is 1.02 bits per heavy atom. The zero-order chi connectivity index (χ0) is 29.2. The van der Waals surface area contributed by atoms with Crippen LogP contribution in [-0.4, -0.2) is 71.1 Å². The van der Waals surface area contributed by atoms with Gasteiger partial charge in [0.15, 0.2) is 5.79 Å². The van der Waals surface area contributed by atoms with Crippen LogP contribution in [0.4, 0.5) is 0 Å². The van der Waals surface area contributed by atoms with E-state index >= 15 is 0 Å². The highest BCUT2D eigenvalue weighted by molar-refractivity contribution is 5.80. The van der Waals surface area contributed by atoms with Gasteiger partial charge in [0.2, 0.25) is 23.3 Å². The van der Waals surface area contributed by atoms with E-state index in [1.807, 2.05) is 23.1 Å². The first-order valence-corrected chi connectivity index (χ1v) is 15.1. The number of carbonyl (C=O) groups excluding carboxylic acids is 3. The standard InChI is InChI=1S/C31H45N5O5/c1-23(37)33-31(34-24(2)38)16-8-17-36(31)19-18-35(22-25-9-4-3-5-10-25)30(40)11-6-7-20-41-27-13-14-28-26(21-27)12-15-29(39)32-28/h12-15,21,25H,3-11,16-20,22H2,1-2H3,(H,32,39)(H,33,37)(H,34,38). The predicted molar refractivity (Wildman–Crippen MR) is 158 cm³/mol. The second-order valence-corrected chi connectivity index (χ2v) is 11.5. The quantitative estimate of drug-likeness (QED) is 0.251. The molecule has 10 heteroatoms. The molecule has 1 aliphatic heterocycles. The number of ether oxygens (including phenoxy) is 1. The molecule has 3 amide bonds. The van der Waals surface area contributed by atoms with Crippen molar-refractivity contribution in [2.24, 2.45) is 5.92 Å². The molecular weight excluding hydrogens is 522 g/mol. The van der Waals surface area contributed by atoms with Gasteiger partial charge in [-0.2, -0.15) is 0 Å². The molecule has 41 heavy (non-hydrogen) atoms. The smallest absolute Gasteiger partial charge is 0.248 e. The van der Waals surface area contributed by atoms with E-state index < -0.39 is 5.79 Å². The number of unbranched alkanes of at least 4 members (excludes halogenated alkanes) is 1. The van der Waals surface area contributed by atoms with Gasteiger partial charge in [-0.1, -0.05) is 19.3 Å². The molecule has 2 aromatic rings. The molecule has 0 radical (unpaired) electrons. The highest BCUT2D eigenvalue weighted by Gasteiger charge is 2.42. The normalized spacial score (nSPS) is 17.3. The molecule has 10 nitrogen and oxygen atoms in total. The number of benzene rings is 1. The number of fused-ring (bicyclic) bond motifs is 1. The van der Waals surface area contributed by atoms with Crippen LogP contribution in [0.2, 0.25) is 0 Å². The van der Waals surface area contributed by atoms with Gasteiger partial charge in [-0.05, 0) is 62.3 Å². The van der Waals surface area contributed by atoms with E-state index in [0.29, 0.717) is 38.5 Å². The van der Waals surface area contributed by atoms with Gasteiger partial charge in [-0.15, -0.1) is 0 Å². The van der Waals surface area contributed by atoms with Gasteiger partial charge in [-0.3, -0.25) is 24.1 Å². The molecule has 1 saturated heterocycles.